The summed E-state index contributed by atoms with van der Waals surface area (Å²) >= 11 is 1.87. The molecular formula is C25H29NO5S. The van der Waals surface area contributed by atoms with Crippen molar-refractivity contribution >= 4 is 29.2 Å². The maximum atomic E-state index is 13.6. The molecule has 7 heteroatoms. The topological polar surface area (TPSA) is 72.9 Å². The number of methoxy groups -OCH3 is 2. The summed E-state index contributed by atoms with van der Waals surface area (Å²) in [5.74, 6) is 0.894. The summed E-state index contributed by atoms with van der Waals surface area (Å²) in [7, 11) is 2.74. The number of benzene rings is 1. The Morgan fingerprint density at radius 1 is 1.06 bits per heavy atom. The van der Waals surface area contributed by atoms with Crippen LogP contribution in [-0.4, -0.2) is 61.2 Å². The first kappa shape index (κ1) is 22.6. The fourth-order valence-electron chi connectivity index (χ4n) is 5.14. The van der Waals surface area contributed by atoms with E-state index in [0.29, 0.717) is 17.6 Å². The summed E-state index contributed by atoms with van der Waals surface area (Å²) in [4.78, 5) is 41.7. The highest BCUT2D eigenvalue weighted by Crippen LogP contribution is 2.46. The third-order valence-corrected chi connectivity index (χ3v) is 7.72. The quantitative estimate of drug-likeness (QED) is 0.635. The van der Waals surface area contributed by atoms with E-state index in [0.717, 1.165) is 48.6 Å². The summed E-state index contributed by atoms with van der Waals surface area (Å²) < 4.78 is 10.5. The molecule has 4 rings (SSSR count). The Labute approximate surface area is 193 Å². The van der Waals surface area contributed by atoms with E-state index < -0.39 is 0 Å². The van der Waals surface area contributed by atoms with Gasteiger partial charge in [-0.15, -0.1) is 0 Å². The van der Waals surface area contributed by atoms with Gasteiger partial charge in [-0.1, -0.05) is 24.3 Å². The molecule has 1 saturated heterocycles. The Hall–Kier alpha value is -2.54. The van der Waals surface area contributed by atoms with Crippen molar-refractivity contribution in [2.75, 3.05) is 38.8 Å². The van der Waals surface area contributed by atoms with Gasteiger partial charge in [0, 0.05) is 48.1 Å². The first-order valence-corrected chi connectivity index (χ1v) is 12.2. The molecule has 1 aliphatic heterocycles. The molecule has 1 heterocycles. The predicted molar refractivity (Wildman–Crippen MR) is 123 cm³/mol. The number of amides is 1. The van der Waals surface area contributed by atoms with Crippen LogP contribution in [0.2, 0.25) is 0 Å². The molecule has 1 aromatic rings. The minimum absolute atomic E-state index is 0.0544. The number of allylic oxidation sites excluding steroid dienone is 2. The van der Waals surface area contributed by atoms with Crippen molar-refractivity contribution < 1.29 is 23.9 Å². The van der Waals surface area contributed by atoms with E-state index in [1.165, 1.54) is 14.2 Å². The van der Waals surface area contributed by atoms with E-state index in [-0.39, 0.29) is 40.8 Å². The molecule has 6 nitrogen and oxygen atoms in total. The molecule has 2 unspecified atom stereocenters. The van der Waals surface area contributed by atoms with E-state index in [1.54, 1.807) is 6.92 Å². The fraction of sp³-hybridized carbons (Fsp3) is 0.480. The molecule has 1 amide bonds. The lowest BCUT2D eigenvalue weighted by molar-refractivity contribution is -0.132. The van der Waals surface area contributed by atoms with E-state index >= 15 is 0 Å². The Kier molecular flexibility index (Phi) is 6.74. The van der Waals surface area contributed by atoms with E-state index in [1.807, 2.05) is 34.9 Å². The molecule has 0 N–H and O–H groups in total. The van der Waals surface area contributed by atoms with Gasteiger partial charge in [0.15, 0.2) is 0 Å². The van der Waals surface area contributed by atoms with Crippen LogP contribution in [-0.2, 0) is 30.3 Å². The Balaban J connectivity index is 1.75. The molecule has 0 spiro atoms. The number of fused-ring (bicyclic) bond motifs is 1. The van der Waals surface area contributed by atoms with Crippen molar-refractivity contribution in [3.8, 4) is 0 Å². The molecule has 0 saturated carbocycles. The van der Waals surface area contributed by atoms with E-state index in [9.17, 15) is 14.4 Å². The molecule has 0 bridgehead atoms. The second-order valence-corrected chi connectivity index (χ2v) is 9.66. The molecule has 0 radical (unpaired) electrons. The molecule has 32 heavy (non-hydrogen) atoms. The van der Waals surface area contributed by atoms with Crippen LogP contribution in [0.3, 0.4) is 0 Å². The second-order valence-electron chi connectivity index (χ2n) is 8.44. The Bertz CT molecular complexity index is 1010. The molecule has 2 atom stereocenters. The minimum Gasteiger partial charge on any atom is -0.489 e. The van der Waals surface area contributed by atoms with Gasteiger partial charge in [-0.2, -0.15) is 11.8 Å². The van der Waals surface area contributed by atoms with Gasteiger partial charge in [-0.25, -0.2) is 0 Å². The standard InChI is InChI=1S/C25H29NO5S/c1-15-20(23(29)25(31-3)24(30-2)22(15)28)21-17(9-8-16-6-4-5-7-18(16)21)14-19(27)26-10-12-32-13-11-26/h4-7,17,21H,8-14H2,1-3H3. The van der Waals surface area contributed by atoms with Crippen LogP contribution in [0.4, 0.5) is 0 Å². The third kappa shape index (κ3) is 3.98. The lowest BCUT2D eigenvalue weighted by atomic mass is 9.67. The largest absolute Gasteiger partial charge is 0.489 e. The SMILES string of the molecule is COC1=C(OC)C(=O)C(C2c3ccccc3CCC2CC(=O)N2CCSCC2)=C(C)C1=O. The number of Topliss-reactive ketones (excluding diaryl/α,β-unsaturated/α-hetero) is 2. The van der Waals surface area contributed by atoms with E-state index in [2.05, 4.69) is 6.07 Å². The van der Waals surface area contributed by atoms with Crippen LogP contribution in [0.25, 0.3) is 0 Å². The van der Waals surface area contributed by atoms with Gasteiger partial charge >= 0.3 is 0 Å². The lowest BCUT2D eigenvalue weighted by Gasteiger charge is -2.37. The van der Waals surface area contributed by atoms with Crippen molar-refractivity contribution in [1.29, 1.82) is 0 Å². The number of carbonyl (C=O) groups excluding carboxylic acids is 3. The normalized spacial score (nSPS) is 23.9. The van der Waals surface area contributed by atoms with Crippen LogP contribution in [0, 0.1) is 5.92 Å². The summed E-state index contributed by atoms with van der Waals surface area (Å²) in [5, 5.41) is 0. The minimum atomic E-state index is -0.333. The lowest BCUT2D eigenvalue weighted by Crippen LogP contribution is -2.40. The maximum Gasteiger partial charge on any atom is 0.228 e. The summed E-state index contributed by atoms with van der Waals surface area (Å²) in [6.07, 6.45) is 2.01. The number of hydrogen-bond acceptors (Lipinski definition) is 6. The van der Waals surface area contributed by atoms with Crippen molar-refractivity contribution in [1.82, 2.24) is 4.90 Å². The molecule has 0 aromatic heterocycles. The smallest absolute Gasteiger partial charge is 0.228 e. The van der Waals surface area contributed by atoms with Gasteiger partial charge in [0.25, 0.3) is 0 Å². The van der Waals surface area contributed by atoms with Gasteiger partial charge in [-0.05, 0) is 36.8 Å². The number of aryl methyl sites for hydroxylation is 1. The number of nitrogens with zero attached hydrogens (tertiary/aromatic N) is 1. The van der Waals surface area contributed by atoms with Crippen LogP contribution < -0.4 is 0 Å². The first-order chi connectivity index (χ1) is 15.5. The Morgan fingerprint density at radius 2 is 1.72 bits per heavy atom. The number of carbonyl (C=O) groups is 3. The number of ketones is 2. The highest BCUT2D eigenvalue weighted by Gasteiger charge is 2.43. The molecule has 3 aliphatic rings. The first-order valence-electron chi connectivity index (χ1n) is 11.0. The fourth-order valence-corrected chi connectivity index (χ4v) is 6.04. The summed E-state index contributed by atoms with van der Waals surface area (Å²) in [6, 6.07) is 8.04. The zero-order chi connectivity index (χ0) is 22.8. The molecule has 1 aromatic carbocycles. The van der Waals surface area contributed by atoms with Crippen LogP contribution in [0.15, 0.2) is 46.9 Å². The van der Waals surface area contributed by atoms with Crippen LogP contribution in [0.5, 0.6) is 0 Å². The molecule has 1 fully saturated rings. The van der Waals surface area contributed by atoms with Crippen molar-refractivity contribution in [2.24, 2.45) is 5.92 Å². The average molecular weight is 456 g/mol. The summed E-state index contributed by atoms with van der Waals surface area (Å²) in [5.41, 5.74) is 3.00. The molecule has 170 valence electrons. The molecule has 2 aliphatic carbocycles. The van der Waals surface area contributed by atoms with Gasteiger partial charge in [0.1, 0.15) is 0 Å². The van der Waals surface area contributed by atoms with E-state index in [4.69, 9.17) is 9.47 Å². The zero-order valence-electron chi connectivity index (χ0n) is 18.8. The maximum absolute atomic E-state index is 13.6. The van der Waals surface area contributed by atoms with Gasteiger partial charge in [-0.3, -0.25) is 14.4 Å². The highest BCUT2D eigenvalue weighted by atomic mass is 32.2. The monoisotopic (exact) mass is 455 g/mol. The van der Waals surface area contributed by atoms with Gasteiger partial charge in [0.2, 0.25) is 29.0 Å². The second kappa shape index (κ2) is 9.53. The van der Waals surface area contributed by atoms with Crippen molar-refractivity contribution in [2.45, 2.75) is 32.1 Å². The van der Waals surface area contributed by atoms with Gasteiger partial charge < -0.3 is 14.4 Å². The van der Waals surface area contributed by atoms with Crippen molar-refractivity contribution in [3.63, 3.8) is 0 Å². The predicted octanol–water partition coefficient (Wildman–Crippen LogP) is 3.27. The van der Waals surface area contributed by atoms with Crippen LogP contribution in [0.1, 0.15) is 36.8 Å². The highest BCUT2D eigenvalue weighted by molar-refractivity contribution is 7.99. The summed E-state index contributed by atoms with van der Waals surface area (Å²) in [6.45, 7) is 3.22. The third-order valence-electron chi connectivity index (χ3n) is 6.77. The number of thioether (sulfide) groups is 1. The van der Waals surface area contributed by atoms with Gasteiger partial charge in [0.05, 0.1) is 14.2 Å². The number of rotatable bonds is 5. The Morgan fingerprint density at radius 3 is 2.41 bits per heavy atom. The van der Waals surface area contributed by atoms with Crippen LogP contribution >= 0.6 is 11.8 Å². The molecular weight excluding hydrogens is 426 g/mol. The number of ether oxygens (including phenoxy) is 2. The number of hydrogen-bond donors (Lipinski definition) is 0. The average Bonchev–Trinajstić information content (AvgIpc) is 2.82. The zero-order valence-corrected chi connectivity index (χ0v) is 19.6. The van der Waals surface area contributed by atoms with Crippen molar-refractivity contribution in [3.05, 3.63) is 58.1 Å².